The average molecular weight is 299 g/mol. The average Bonchev–Trinajstić information content (AvgIpc) is 2.99. The molecular weight excluding hydrogens is 285 g/mol. The Labute approximate surface area is 102 Å². The van der Waals surface area contributed by atoms with E-state index in [0.717, 1.165) is 12.8 Å². The van der Waals surface area contributed by atoms with Gasteiger partial charge in [-0.05, 0) is 25.2 Å². The van der Waals surface area contributed by atoms with Gasteiger partial charge in [-0.1, -0.05) is 34.5 Å². The molecule has 0 aromatic carbocycles. The van der Waals surface area contributed by atoms with Gasteiger partial charge in [0.15, 0.2) is 0 Å². The number of alkyl halides is 2. The van der Waals surface area contributed by atoms with Crippen LogP contribution in [0.2, 0.25) is 0 Å². The van der Waals surface area contributed by atoms with Crippen LogP contribution in [-0.2, 0) is 14.3 Å². The van der Waals surface area contributed by atoms with E-state index in [-0.39, 0.29) is 5.92 Å². The molecule has 0 aliphatic heterocycles. The second-order valence-electron chi connectivity index (χ2n) is 3.61. The second kappa shape index (κ2) is 4.70. The van der Waals surface area contributed by atoms with Crippen molar-refractivity contribution < 1.29 is 14.3 Å². The zero-order chi connectivity index (χ0) is 11.6. The second-order valence-corrected chi connectivity index (χ2v) is 5.43. The van der Waals surface area contributed by atoms with E-state index in [4.69, 9.17) is 22.1 Å². The fourth-order valence-electron chi connectivity index (χ4n) is 1.39. The first-order chi connectivity index (χ1) is 6.91. The molecule has 0 bridgehead atoms. The molecule has 6 heteroatoms. The summed E-state index contributed by atoms with van der Waals surface area (Å²) < 4.78 is 4.06. The molecule has 0 heterocycles. The number of primary amides is 1. The predicted octanol–water partition coefficient (Wildman–Crippen LogP) is 1.53. The van der Waals surface area contributed by atoms with Crippen molar-refractivity contribution in [3.8, 4) is 0 Å². The molecule has 0 aromatic heterocycles. The minimum atomic E-state index is -1.39. The molecule has 0 saturated heterocycles. The van der Waals surface area contributed by atoms with E-state index in [1.807, 2.05) is 6.92 Å². The Morgan fingerprint density at radius 1 is 1.67 bits per heavy atom. The Morgan fingerprint density at radius 3 is 2.53 bits per heavy atom. The van der Waals surface area contributed by atoms with Crippen molar-refractivity contribution in [2.75, 3.05) is 0 Å². The quantitative estimate of drug-likeness (QED) is 0.618. The summed E-state index contributed by atoms with van der Waals surface area (Å²) in [6.07, 6.45) is 2.56. The molecule has 1 aliphatic rings. The summed E-state index contributed by atoms with van der Waals surface area (Å²) in [6.45, 7) is 1.88. The van der Waals surface area contributed by atoms with Crippen LogP contribution in [0.4, 0.5) is 0 Å². The molecule has 0 radical (unpaired) electrons. The summed E-state index contributed by atoms with van der Waals surface area (Å²) in [5.41, 5.74) is 3.51. The molecule has 2 N–H and O–H groups in total. The molecule has 2 atom stereocenters. The SMILES string of the molecule is CCC(Br)(C(=O)OC(Cl)C(N)=O)C1CC1. The molecule has 4 nitrogen and oxygen atoms in total. The maximum atomic E-state index is 11.7. The van der Waals surface area contributed by atoms with Gasteiger partial charge in [0.2, 0.25) is 0 Å². The smallest absolute Gasteiger partial charge is 0.325 e. The third kappa shape index (κ3) is 2.84. The van der Waals surface area contributed by atoms with Gasteiger partial charge < -0.3 is 10.5 Å². The van der Waals surface area contributed by atoms with E-state index >= 15 is 0 Å². The number of rotatable bonds is 5. The van der Waals surface area contributed by atoms with E-state index in [1.165, 1.54) is 0 Å². The molecule has 1 saturated carbocycles. The Hall–Kier alpha value is -0.290. The number of carbonyl (C=O) groups is 2. The van der Waals surface area contributed by atoms with Gasteiger partial charge in [0.1, 0.15) is 4.32 Å². The van der Waals surface area contributed by atoms with Crippen LogP contribution in [0, 0.1) is 5.92 Å². The van der Waals surface area contributed by atoms with E-state index in [9.17, 15) is 9.59 Å². The van der Waals surface area contributed by atoms with Crippen LogP contribution >= 0.6 is 27.5 Å². The van der Waals surface area contributed by atoms with Gasteiger partial charge in [0, 0.05) is 0 Å². The monoisotopic (exact) mass is 297 g/mol. The number of hydrogen-bond acceptors (Lipinski definition) is 3. The fourth-order valence-corrected chi connectivity index (χ4v) is 2.02. The van der Waals surface area contributed by atoms with Crippen molar-refractivity contribution in [1.82, 2.24) is 0 Å². The number of halogens is 2. The molecule has 1 aliphatic carbocycles. The Morgan fingerprint density at radius 2 is 2.20 bits per heavy atom. The molecule has 0 aromatic rings. The highest BCUT2D eigenvalue weighted by Crippen LogP contribution is 2.47. The maximum Gasteiger partial charge on any atom is 0.325 e. The lowest BCUT2D eigenvalue weighted by molar-refractivity contribution is -0.153. The molecule has 1 amide bonds. The van der Waals surface area contributed by atoms with Gasteiger partial charge in [0.25, 0.3) is 11.5 Å². The summed E-state index contributed by atoms with van der Waals surface area (Å²) in [4.78, 5) is 22.4. The highest BCUT2D eigenvalue weighted by Gasteiger charge is 2.49. The highest BCUT2D eigenvalue weighted by atomic mass is 79.9. The van der Waals surface area contributed by atoms with E-state index < -0.39 is 21.8 Å². The van der Waals surface area contributed by atoms with Crippen molar-refractivity contribution in [2.45, 2.75) is 36.1 Å². The van der Waals surface area contributed by atoms with Crippen molar-refractivity contribution in [1.29, 1.82) is 0 Å². The highest BCUT2D eigenvalue weighted by molar-refractivity contribution is 9.10. The molecule has 0 spiro atoms. The zero-order valence-corrected chi connectivity index (χ0v) is 10.7. The van der Waals surface area contributed by atoms with Crippen LogP contribution in [0.5, 0.6) is 0 Å². The summed E-state index contributed by atoms with van der Waals surface area (Å²) in [6, 6.07) is 0. The number of nitrogens with two attached hydrogens (primary N) is 1. The topological polar surface area (TPSA) is 69.4 Å². The van der Waals surface area contributed by atoms with Gasteiger partial charge in [-0.3, -0.25) is 9.59 Å². The van der Waals surface area contributed by atoms with Crippen molar-refractivity contribution in [2.24, 2.45) is 11.7 Å². The van der Waals surface area contributed by atoms with E-state index in [1.54, 1.807) is 0 Å². The third-order valence-corrected chi connectivity index (χ3v) is 4.35. The number of carbonyl (C=O) groups excluding carboxylic acids is 2. The van der Waals surface area contributed by atoms with Gasteiger partial charge in [0.05, 0.1) is 0 Å². The lowest BCUT2D eigenvalue weighted by Gasteiger charge is -2.24. The first-order valence-corrected chi connectivity index (χ1v) is 5.98. The number of amides is 1. The maximum absolute atomic E-state index is 11.7. The minimum Gasteiger partial charge on any atom is -0.435 e. The van der Waals surface area contributed by atoms with Crippen LogP contribution in [0.1, 0.15) is 26.2 Å². The minimum absolute atomic E-state index is 0.270. The van der Waals surface area contributed by atoms with E-state index in [2.05, 4.69) is 15.9 Å². The van der Waals surface area contributed by atoms with E-state index in [0.29, 0.717) is 6.42 Å². The molecule has 1 fully saturated rings. The zero-order valence-electron chi connectivity index (χ0n) is 8.33. The normalized spacial score (nSPS) is 21.5. The Kier molecular flexibility index (Phi) is 4.00. The molecule has 15 heavy (non-hydrogen) atoms. The van der Waals surface area contributed by atoms with Gasteiger partial charge in [-0.2, -0.15) is 0 Å². The lowest BCUT2D eigenvalue weighted by atomic mass is 10.0. The van der Waals surface area contributed by atoms with Gasteiger partial charge >= 0.3 is 5.97 Å². The van der Waals surface area contributed by atoms with Crippen LogP contribution in [0.25, 0.3) is 0 Å². The summed E-state index contributed by atoms with van der Waals surface area (Å²) >= 11 is 8.83. The fraction of sp³-hybridized carbons (Fsp3) is 0.778. The van der Waals surface area contributed by atoms with Crippen molar-refractivity contribution in [3.05, 3.63) is 0 Å². The van der Waals surface area contributed by atoms with Crippen LogP contribution in [0.15, 0.2) is 0 Å². The van der Waals surface area contributed by atoms with Crippen LogP contribution in [-0.4, -0.2) is 21.8 Å². The van der Waals surface area contributed by atoms with Crippen LogP contribution in [0.3, 0.4) is 0 Å². The standard InChI is InChI=1S/C9H13BrClNO3/c1-2-9(10,5-3-4-5)8(14)15-6(11)7(12)13/h5-6H,2-4H2,1H3,(H2,12,13). The first-order valence-electron chi connectivity index (χ1n) is 4.75. The first kappa shape index (κ1) is 12.8. The third-order valence-electron chi connectivity index (χ3n) is 2.51. The number of ether oxygens (including phenoxy) is 1. The van der Waals surface area contributed by atoms with Crippen molar-refractivity contribution in [3.63, 3.8) is 0 Å². The predicted molar refractivity (Wildman–Crippen MR) is 59.6 cm³/mol. The van der Waals surface area contributed by atoms with Gasteiger partial charge in [-0.15, -0.1) is 0 Å². The van der Waals surface area contributed by atoms with Crippen molar-refractivity contribution >= 4 is 39.4 Å². The molecular formula is C9H13BrClNO3. The largest absolute Gasteiger partial charge is 0.435 e. The molecule has 2 unspecified atom stereocenters. The number of esters is 1. The summed E-state index contributed by atoms with van der Waals surface area (Å²) in [5.74, 6) is -1.09. The van der Waals surface area contributed by atoms with Crippen LogP contribution < -0.4 is 5.73 Å². The Balaban J connectivity index is 2.61. The number of hydrogen-bond donors (Lipinski definition) is 1. The summed E-state index contributed by atoms with van der Waals surface area (Å²) in [5, 5.41) is 0. The Bertz CT molecular complexity index is 283. The summed E-state index contributed by atoms with van der Waals surface area (Å²) in [7, 11) is 0. The molecule has 1 rings (SSSR count). The van der Waals surface area contributed by atoms with Gasteiger partial charge in [-0.25, -0.2) is 0 Å². The molecule has 86 valence electrons. The lowest BCUT2D eigenvalue weighted by Crippen LogP contribution is -2.39.